The summed E-state index contributed by atoms with van der Waals surface area (Å²) in [5, 5.41) is 3.01. The van der Waals surface area contributed by atoms with Crippen LogP contribution >= 0.6 is 0 Å². The molecule has 0 unspecified atom stereocenters. The molecule has 0 saturated carbocycles. The molecule has 1 fully saturated rings. The summed E-state index contributed by atoms with van der Waals surface area (Å²) in [6.07, 6.45) is 1.66. The third-order valence-corrected chi connectivity index (χ3v) is 4.05. The third kappa shape index (κ3) is 4.36. The molecule has 3 rings (SSSR count). The van der Waals surface area contributed by atoms with Crippen LogP contribution < -0.4 is 15.8 Å². The molecule has 2 amide bonds. The van der Waals surface area contributed by atoms with Crippen molar-refractivity contribution in [2.45, 2.75) is 18.9 Å². The van der Waals surface area contributed by atoms with Gasteiger partial charge in [0.2, 0.25) is 0 Å². The number of rotatable bonds is 5. The van der Waals surface area contributed by atoms with E-state index in [0.29, 0.717) is 35.8 Å². The van der Waals surface area contributed by atoms with Crippen molar-refractivity contribution in [2.24, 2.45) is 5.73 Å². The van der Waals surface area contributed by atoms with Crippen molar-refractivity contribution in [3.05, 3.63) is 59.7 Å². The van der Waals surface area contributed by atoms with Crippen LogP contribution in [0.5, 0.6) is 11.5 Å². The van der Waals surface area contributed by atoms with Crippen LogP contribution in [0.3, 0.4) is 0 Å². The fourth-order valence-corrected chi connectivity index (χ4v) is 2.67. The minimum absolute atomic E-state index is 0.115. The van der Waals surface area contributed by atoms with Crippen LogP contribution in [0.25, 0.3) is 0 Å². The van der Waals surface area contributed by atoms with Gasteiger partial charge in [-0.05, 0) is 49.2 Å². The normalized spacial score (nSPS) is 14.7. The van der Waals surface area contributed by atoms with Crippen LogP contribution in [0.4, 0.5) is 0 Å². The van der Waals surface area contributed by atoms with Crippen molar-refractivity contribution in [3.8, 4) is 11.5 Å². The van der Waals surface area contributed by atoms with Gasteiger partial charge in [-0.15, -0.1) is 0 Å². The van der Waals surface area contributed by atoms with Crippen molar-refractivity contribution in [1.29, 1.82) is 0 Å². The lowest BCUT2D eigenvalue weighted by atomic mass is 10.1. The molecule has 1 aliphatic heterocycles. The number of carbonyl (C=O) groups is 2. The number of amides is 2. The van der Waals surface area contributed by atoms with E-state index in [0.717, 1.165) is 12.8 Å². The van der Waals surface area contributed by atoms with Gasteiger partial charge in [-0.1, -0.05) is 12.1 Å². The number of carbonyl (C=O) groups excluding carboxylic acids is 2. The molecule has 0 aliphatic carbocycles. The van der Waals surface area contributed by atoms with Gasteiger partial charge in [-0.3, -0.25) is 9.59 Å². The molecule has 6 nitrogen and oxygen atoms in total. The van der Waals surface area contributed by atoms with Gasteiger partial charge in [0.25, 0.3) is 11.8 Å². The van der Waals surface area contributed by atoms with Gasteiger partial charge in [0.1, 0.15) is 11.5 Å². The molecule has 2 aromatic carbocycles. The standard InChI is InChI=1S/C19H20N2O4/c20-18(22)16-3-1-2-4-17(16)25-15-7-5-13(6-8-15)19(23)21-14-9-11-24-12-10-14/h1-8,14H,9-12H2,(H2,20,22)(H,21,23). The maximum absolute atomic E-state index is 12.3. The number of primary amides is 1. The molecule has 0 radical (unpaired) electrons. The molecule has 3 N–H and O–H groups in total. The van der Waals surface area contributed by atoms with E-state index in [-0.39, 0.29) is 11.9 Å². The lowest BCUT2D eigenvalue weighted by molar-refractivity contribution is 0.0696. The van der Waals surface area contributed by atoms with Crippen molar-refractivity contribution < 1.29 is 19.1 Å². The Balaban J connectivity index is 1.66. The molecule has 0 bridgehead atoms. The molecule has 1 heterocycles. The second-order valence-electron chi connectivity index (χ2n) is 5.85. The first-order valence-electron chi connectivity index (χ1n) is 8.19. The summed E-state index contributed by atoms with van der Waals surface area (Å²) in [4.78, 5) is 23.7. The summed E-state index contributed by atoms with van der Waals surface area (Å²) in [6.45, 7) is 1.36. The van der Waals surface area contributed by atoms with E-state index in [4.69, 9.17) is 15.2 Å². The monoisotopic (exact) mass is 340 g/mol. The Morgan fingerprint density at radius 3 is 2.40 bits per heavy atom. The summed E-state index contributed by atoms with van der Waals surface area (Å²) >= 11 is 0. The first kappa shape index (κ1) is 17.0. The van der Waals surface area contributed by atoms with Crippen molar-refractivity contribution in [3.63, 3.8) is 0 Å². The van der Waals surface area contributed by atoms with Gasteiger partial charge in [0.15, 0.2) is 0 Å². The number of ether oxygens (including phenoxy) is 2. The summed E-state index contributed by atoms with van der Waals surface area (Å²) in [7, 11) is 0. The fourth-order valence-electron chi connectivity index (χ4n) is 2.67. The molecule has 0 aromatic heterocycles. The van der Waals surface area contributed by atoms with E-state index in [1.807, 2.05) is 0 Å². The van der Waals surface area contributed by atoms with E-state index in [9.17, 15) is 9.59 Å². The summed E-state index contributed by atoms with van der Waals surface area (Å²) in [5.74, 6) is 0.241. The molecule has 130 valence electrons. The Kier molecular flexibility index (Phi) is 5.30. The lowest BCUT2D eigenvalue weighted by Crippen LogP contribution is -2.38. The second-order valence-corrected chi connectivity index (χ2v) is 5.85. The largest absolute Gasteiger partial charge is 0.457 e. The Labute approximate surface area is 145 Å². The minimum atomic E-state index is -0.553. The smallest absolute Gasteiger partial charge is 0.252 e. The zero-order chi connectivity index (χ0) is 17.6. The number of benzene rings is 2. The molecular weight excluding hydrogens is 320 g/mol. The molecule has 25 heavy (non-hydrogen) atoms. The van der Waals surface area contributed by atoms with Crippen LogP contribution in [0.15, 0.2) is 48.5 Å². The third-order valence-electron chi connectivity index (χ3n) is 4.05. The van der Waals surface area contributed by atoms with Crippen LogP contribution in [0.2, 0.25) is 0 Å². The molecule has 1 aliphatic rings. The van der Waals surface area contributed by atoms with Gasteiger partial charge in [-0.2, -0.15) is 0 Å². The van der Waals surface area contributed by atoms with E-state index in [2.05, 4.69) is 5.32 Å². The predicted octanol–water partition coefficient (Wildman–Crippen LogP) is 2.49. The number of nitrogens with two attached hydrogens (primary N) is 1. The van der Waals surface area contributed by atoms with Crippen molar-refractivity contribution >= 4 is 11.8 Å². The Hall–Kier alpha value is -2.86. The van der Waals surface area contributed by atoms with Gasteiger partial charge in [0, 0.05) is 24.8 Å². The van der Waals surface area contributed by atoms with E-state index in [1.165, 1.54) is 0 Å². The Morgan fingerprint density at radius 1 is 1.04 bits per heavy atom. The molecule has 0 atom stereocenters. The van der Waals surface area contributed by atoms with Crippen LogP contribution in [0.1, 0.15) is 33.6 Å². The van der Waals surface area contributed by atoms with Crippen LogP contribution in [0, 0.1) is 0 Å². The van der Waals surface area contributed by atoms with Crippen LogP contribution in [-0.4, -0.2) is 31.1 Å². The fraction of sp³-hybridized carbons (Fsp3) is 0.263. The average Bonchev–Trinajstić information content (AvgIpc) is 2.63. The Bertz CT molecular complexity index is 752. The summed E-state index contributed by atoms with van der Waals surface area (Å²) in [6, 6.07) is 13.7. The number of hydrogen-bond donors (Lipinski definition) is 2. The maximum Gasteiger partial charge on any atom is 0.252 e. The highest BCUT2D eigenvalue weighted by molar-refractivity contribution is 5.96. The quantitative estimate of drug-likeness (QED) is 0.875. The summed E-state index contributed by atoms with van der Waals surface area (Å²) in [5.41, 5.74) is 6.21. The summed E-state index contributed by atoms with van der Waals surface area (Å²) < 4.78 is 11.0. The van der Waals surface area contributed by atoms with E-state index < -0.39 is 5.91 Å². The highest BCUT2D eigenvalue weighted by Crippen LogP contribution is 2.25. The Morgan fingerprint density at radius 2 is 1.72 bits per heavy atom. The molecule has 2 aromatic rings. The number of nitrogens with one attached hydrogen (secondary N) is 1. The molecule has 6 heteroatoms. The SMILES string of the molecule is NC(=O)c1ccccc1Oc1ccc(C(=O)NC2CCOCC2)cc1. The number of hydrogen-bond acceptors (Lipinski definition) is 4. The van der Waals surface area contributed by atoms with Gasteiger partial charge in [0.05, 0.1) is 5.56 Å². The van der Waals surface area contributed by atoms with Crippen LogP contribution in [-0.2, 0) is 4.74 Å². The first-order chi connectivity index (χ1) is 12.1. The molecule has 0 spiro atoms. The average molecular weight is 340 g/mol. The van der Waals surface area contributed by atoms with Crippen molar-refractivity contribution in [2.75, 3.05) is 13.2 Å². The van der Waals surface area contributed by atoms with E-state index >= 15 is 0 Å². The maximum atomic E-state index is 12.3. The molecule has 1 saturated heterocycles. The zero-order valence-corrected chi connectivity index (χ0v) is 13.7. The highest BCUT2D eigenvalue weighted by Gasteiger charge is 2.17. The molecular formula is C19H20N2O4. The minimum Gasteiger partial charge on any atom is -0.457 e. The number of para-hydroxylation sites is 1. The highest BCUT2D eigenvalue weighted by atomic mass is 16.5. The topological polar surface area (TPSA) is 90.7 Å². The van der Waals surface area contributed by atoms with Crippen molar-refractivity contribution in [1.82, 2.24) is 5.32 Å². The predicted molar refractivity (Wildman–Crippen MR) is 92.8 cm³/mol. The first-order valence-corrected chi connectivity index (χ1v) is 8.19. The van der Waals surface area contributed by atoms with E-state index in [1.54, 1.807) is 48.5 Å². The van der Waals surface area contributed by atoms with Gasteiger partial charge < -0.3 is 20.5 Å². The second kappa shape index (κ2) is 7.81. The van der Waals surface area contributed by atoms with Gasteiger partial charge >= 0.3 is 0 Å². The lowest BCUT2D eigenvalue weighted by Gasteiger charge is -2.23. The van der Waals surface area contributed by atoms with Gasteiger partial charge in [-0.25, -0.2) is 0 Å². The zero-order valence-electron chi connectivity index (χ0n) is 13.7.